The Labute approximate surface area is 152 Å². The average molecular weight is 334 g/mol. The maximum absolute atomic E-state index is 4.66. The smallest absolute Gasteiger partial charge is 0.104 e. The van der Waals surface area contributed by atoms with Gasteiger partial charge < -0.3 is 5.32 Å². The predicted molar refractivity (Wildman–Crippen MR) is 110 cm³/mol. The minimum absolute atomic E-state index is 0.0500. The fraction of sp³-hybridized carbons (Fsp3) is 0.0417. The minimum Gasteiger partial charge on any atom is -0.346 e. The Hall–Kier alpha value is -3.39. The molecule has 1 N–H and O–H groups in total. The number of para-hydroxylation sites is 1. The van der Waals surface area contributed by atoms with Crippen molar-refractivity contribution in [3.63, 3.8) is 0 Å². The molecule has 4 aromatic carbocycles. The molecule has 2 nitrogen and oxygen atoms in total. The van der Waals surface area contributed by atoms with Crippen molar-refractivity contribution in [3.05, 3.63) is 102 Å². The van der Waals surface area contributed by atoms with Crippen LogP contribution in [0.1, 0.15) is 17.2 Å². The Kier molecular flexibility index (Phi) is 3.53. The average Bonchev–Trinajstić information content (AvgIpc) is 2.73. The largest absolute Gasteiger partial charge is 0.346 e. The molecule has 1 heterocycles. The van der Waals surface area contributed by atoms with Crippen LogP contribution < -0.4 is 5.32 Å². The number of anilines is 1. The van der Waals surface area contributed by atoms with E-state index >= 15 is 0 Å². The van der Waals surface area contributed by atoms with E-state index in [1.807, 2.05) is 6.07 Å². The van der Waals surface area contributed by atoms with Gasteiger partial charge in [-0.3, -0.25) is 4.99 Å². The van der Waals surface area contributed by atoms with Crippen molar-refractivity contribution in [2.24, 2.45) is 4.99 Å². The molecule has 4 aromatic rings. The molecule has 0 saturated heterocycles. The molecule has 0 aliphatic carbocycles. The number of nitrogens with zero attached hydrogens (tertiary/aromatic N) is 1. The summed E-state index contributed by atoms with van der Waals surface area (Å²) in [7, 11) is 0. The lowest BCUT2D eigenvalue weighted by Gasteiger charge is -2.21. The molecular weight excluding hydrogens is 316 g/mol. The number of hydrogen-bond donors (Lipinski definition) is 1. The fourth-order valence-electron chi connectivity index (χ4n) is 3.72. The summed E-state index contributed by atoms with van der Waals surface area (Å²) in [5.74, 6) is 0. The first kappa shape index (κ1) is 14.9. The molecule has 0 amide bonds. The van der Waals surface area contributed by atoms with E-state index in [1.54, 1.807) is 6.34 Å². The van der Waals surface area contributed by atoms with Gasteiger partial charge in [-0.1, -0.05) is 84.9 Å². The molecule has 0 saturated carbocycles. The van der Waals surface area contributed by atoms with Gasteiger partial charge >= 0.3 is 0 Å². The van der Waals surface area contributed by atoms with E-state index in [0.29, 0.717) is 0 Å². The standard InChI is InChI=1S/C24H18N2/c1-2-8-20-17(6-1)7-5-10-21(20)18-12-14-19(15-13-18)24-22-9-3-4-11-23(22)25-16-26-24/h1-16,24H,(H,25,26). The van der Waals surface area contributed by atoms with Gasteiger partial charge in [0, 0.05) is 11.3 Å². The van der Waals surface area contributed by atoms with Crippen LogP contribution in [-0.4, -0.2) is 6.34 Å². The predicted octanol–water partition coefficient (Wildman–Crippen LogP) is 6.05. The number of nitrogens with one attached hydrogen (secondary N) is 1. The van der Waals surface area contributed by atoms with E-state index < -0.39 is 0 Å². The lowest BCUT2D eigenvalue weighted by molar-refractivity contribution is 0.870. The summed E-state index contributed by atoms with van der Waals surface area (Å²) in [6.45, 7) is 0. The van der Waals surface area contributed by atoms with Crippen molar-refractivity contribution in [2.45, 2.75) is 6.04 Å². The Bertz CT molecular complexity index is 1110. The molecular formula is C24H18N2. The zero-order valence-corrected chi connectivity index (χ0v) is 14.3. The summed E-state index contributed by atoms with van der Waals surface area (Å²) < 4.78 is 0. The van der Waals surface area contributed by atoms with Gasteiger partial charge in [0.05, 0.1) is 6.34 Å². The zero-order chi connectivity index (χ0) is 17.3. The van der Waals surface area contributed by atoms with Crippen LogP contribution in [0.25, 0.3) is 21.9 Å². The summed E-state index contributed by atoms with van der Waals surface area (Å²) >= 11 is 0. The van der Waals surface area contributed by atoms with Crippen molar-refractivity contribution in [3.8, 4) is 11.1 Å². The van der Waals surface area contributed by atoms with Gasteiger partial charge in [-0.15, -0.1) is 0 Å². The lowest BCUT2D eigenvalue weighted by Crippen LogP contribution is -2.11. The third-order valence-corrected chi connectivity index (χ3v) is 5.03. The van der Waals surface area contributed by atoms with Crippen LogP contribution in [0, 0.1) is 0 Å². The molecule has 1 unspecified atom stereocenters. The first-order valence-corrected chi connectivity index (χ1v) is 8.85. The summed E-state index contributed by atoms with van der Waals surface area (Å²) in [5, 5.41) is 5.78. The summed E-state index contributed by atoms with van der Waals surface area (Å²) in [4.78, 5) is 4.66. The Balaban J connectivity index is 1.56. The van der Waals surface area contributed by atoms with Crippen molar-refractivity contribution in [2.75, 3.05) is 5.32 Å². The van der Waals surface area contributed by atoms with Gasteiger partial charge in [0.1, 0.15) is 6.04 Å². The van der Waals surface area contributed by atoms with Crippen molar-refractivity contribution in [1.29, 1.82) is 0 Å². The number of fused-ring (bicyclic) bond motifs is 2. The number of hydrogen-bond acceptors (Lipinski definition) is 2. The van der Waals surface area contributed by atoms with Gasteiger partial charge in [-0.05, 0) is 33.5 Å². The second kappa shape index (κ2) is 6.16. The number of aliphatic imine (C=N–C) groups is 1. The highest BCUT2D eigenvalue weighted by Crippen LogP contribution is 2.35. The molecule has 124 valence electrons. The molecule has 26 heavy (non-hydrogen) atoms. The van der Waals surface area contributed by atoms with E-state index in [2.05, 4.69) is 95.2 Å². The second-order valence-electron chi connectivity index (χ2n) is 6.56. The normalized spacial score (nSPS) is 15.5. The third kappa shape index (κ3) is 2.47. The minimum atomic E-state index is 0.0500. The molecule has 0 fully saturated rings. The maximum Gasteiger partial charge on any atom is 0.104 e. The first-order chi connectivity index (χ1) is 12.9. The summed E-state index contributed by atoms with van der Waals surface area (Å²) in [6.07, 6.45) is 1.80. The van der Waals surface area contributed by atoms with Crippen molar-refractivity contribution < 1.29 is 0 Å². The Morgan fingerprint density at radius 3 is 2.38 bits per heavy atom. The van der Waals surface area contributed by atoms with Crippen LogP contribution in [0.4, 0.5) is 5.69 Å². The molecule has 5 rings (SSSR count). The van der Waals surface area contributed by atoms with E-state index in [9.17, 15) is 0 Å². The Morgan fingerprint density at radius 1 is 0.692 bits per heavy atom. The van der Waals surface area contributed by atoms with Crippen LogP contribution in [0.2, 0.25) is 0 Å². The third-order valence-electron chi connectivity index (χ3n) is 5.03. The van der Waals surface area contributed by atoms with Gasteiger partial charge in [0.2, 0.25) is 0 Å². The van der Waals surface area contributed by atoms with Crippen LogP contribution in [0.5, 0.6) is 0 Å². The van der Waals surface area contributed by atoms with Crippen LogP contribution >= 0.6 is 0 Å². The molecule has 1 aliphatic heterocycles. The molecule has 1 aliphatic rings. The van der Waals surface area contributed by atoms with Gasteiger partial charge in [0.15, 0.2) is 0 Å². The van der Waals surface area contributed by atoms with E-state index in [-0.39, 0.29) is 6.04 Å². The highest BCUT2D eigenvalue weighted by Gasteiger charge is 2.18. The van der Waals surface area contributed by atoms with Crippen molar-refractivity contribution in [1.82, 2.24) is 0 Å². The second-order valence-corrected chi connectivity index (χ2v) is 6.56. The van der Waals surface area contributed by atoms with Gasteiger partial charge in [-0.25, -0.2) is 0 Å². The SMILES string of the molecule is C1=NC(c2ccc(-c3cccc4ccccc34)cc2)c2ccccc2N1. The lowest BCUT2D eigenvalue weighted by atomic mass is 9.93. The van der Waals surface area contributed by atoms with Crippen LogP contribution in [-0.2, 0) is 0 Å². The van der Waals surface area contributed by atoms with Gasteiger partial charge in [-0.2, -0.15) is 0 Å². The molecule has 0 aromatic heterocycles. The molecule has 1 atom stereocenters. The Morgan fingerprint density at radius 2 is 1.46 bits per heavy atom. The summed E-state index contributed by atoms with van der Waals surface area (Å²) in [5.41, 5.74) is 6.05. The van der Waals surface area contributed by atoms with E-state index in [4.69, 9.17) is 0 Å². The first-order valence-electron chi connectivity index (χ1n) is 8.85. The monoisotopic (exact) mass is 334 g/mol. The highest BCUT2D eigenvalue weighted by molar-refractivity contribution is 5.96. The highest BCUT2D eigenvalue weighted by atomic mass is 15.0. The molecule has 0 bridgehead atoms. The number of benzene rings is 4. The van der Waals surface area contributed by atoms with Crippen LogP contribution in [0.3, 0.4) is 0 Å². The van der Waals surface area contributed by atoms with E-state index in [0.717, 1.165) is 5.69 Å². The molecule has 2 heteroatoms. The number of rotatable bonds is 2. The van der Waals surface area contributed by atoms with E-state index in [1.165, 1.54) is 33.0 Å². The molecule has 0 spiro atoms. The zero-order valence-electron chi connectivity index (χ0n) is 14.3. The van der Waals surface area contributed by atoms with Gasteiger partial charge in [0.25, 0.3) is 0 Å². The topological polar surface area (TPSA) is 24.4 Å². The fourth-order valence-corrected chi connectivity index (χ4v) is 3.72. The van der Waals surface area contributed by atoms with Crippen molar-refractivity contribution >= 4 is 22.8 Å². The molecule has 0 radical (unpaired) electrons. The maximum atomic E-state index is 4.66. The van der Waals surface area contributed by atoms with Crippen LogP contribution in [0.15, 0.2) is 96.0 Å². The summed E-state index contributed by atoms with van der Waals surface area (Å²) in [6, 6.07) is 32.2. The quantitative estimate of drug-likeness (QED) is 0.474.